The van der Waals surface area contributed by atoms with E-state index >= 15 is 0 Å². The molecule has 0 aliphatic rings. The molecule has 0 aliphatic heterocycles. The molecule has 0 heterocycles. The summed E-state index contributed by atoms with van der Waals surface area (Å²) in [5.74, 6) is 2.55. The minimum atomic E-state index is -0.226. The first-order valence-electron chi connectivity index (χ1n) is 32.1. The number of nitrogens with one attached hydrogen (secondary N) is 2. The summed E-state index contributed by atoms with van der Waals surface area (Å²) in [4.78, 5) is 48.7. The van der Waals surface area contributed by atoms with E-state index in [4.69, 9.17) is 25.5 Å². The van der Waals surface area contributed by atoms with Crippen molar-refractivity contribution in [2.45, 2.75) is 327 Å². The van der Waals surface area contributed by atoms with Crippen LogP contribution in [0.25, 0.3) is 0 Å². The van der Waals surface area contributed by atoms with Gasteiger partial charge < -0.3 is 56.8 Å². The van der Waals surface area contributed by atoms with Crippen LogP contribution in [0.4, 0.5) is 0 Å². The molecule has 0 aliphatic carbocycles. The van der Waals surface area contributed by atoms with Gasteiger partial charge in [0.2, 0.25) is 11.8 Å². The van der Waals surface area contributed by atoms with E-state index in [1.807, 2.05) is 55.4 Å². The van der Waals surface area contributed by atoms with E-state index < -0.39 is 0 Å². The van der Waals surface area contributed by atoms with Gasteiger partial charge in [0.1, 0.15) is 0 Å². The van der Waals surface area contributed by atoms with Gasteiger partial charge in [0.15, 0.2) is 0 Å². The highest BCUT2D eigenvalue weighted by Crippen LogP contribution is 2.18. The molecule has 490 valence electrons. The molecule has 0 saturated carbocycles. The molecule has 12 atom stereocenters. The predicted octanol–water partition coefficient (Wildman–Crippen LogP) is 12.2. The smallest absolute Gasteiger partial charge is 0.373 e. The molecule has 81 heavy (non-hydrogen) atoms. The average Bonchev–Trinajstić information content (AvgIpc) is 3.40. The molecule has 0 aromatic rings. The zero-order valence-corrected chi connectivity index (χ0v) is 55.4. The van der Waals surface area contributed by atoms with Crippen LogP contribution in [0, 0.1) is 35.5 Å². The maximum absolute atomic E-state index is 11.1. The standard InChI is InChI=1S/2C12H25NO2.C11H22O3.C10H23NO.C10H22O2.C9H20O.CO2/c1-10(11(2)14)8-6-4-5-7-9-13-12(3)15;1-4-13-12(15)9-7-5-6-8-10(2)11(3)14;1-9(10(2)12)7-5-4-6-8-11(13)14-3;2*1-9(10(2)12)7-5-3-4-6-8-11;1-4-5-6-7-8(2)9(3)10;2-1-3/h2*10-11,14H,4-9H2,1-3H3,(H,13,15);9-10,12H,4-8H2,1-3H3;9-10,12H,3-8,11H2,1-2H3;9-12H,3-8H2,1-2H3;8-10H,4-7H2,1-3H3;/t2*10-,11+;3*9-,10+;8-,9+;/m111111./s1. The fourth-order valence-corrected chi connectivity index (χ4v) is 7.50. The molecule has 16 heteroatoms. The van der Waals surface area contributed by atoms with Crippen molar-refractivity contribution >= 4 is 23.9 Å². The first-order valence-corrected chi connectivity index (χ1v) is 32.1. The van der Waals surface area contributed by atoms with Crippen LogP contribution in [0.1, 0.15) is 290 Å². The second-order valence-electron chi connectivity index (χ2n) is 23.2. The molecule has 0 rings (SSSR count). The number of rotatable bonds is 42. The van der Waals surface area contributed by atoms with E-state index in [-0.39, 0.29) is 60.6 Å². The number of amides is 2. The maximum Gasteiger partial charge on any atom is 0.373 e. The molecule has 11 N–H and O–H groups in total. The zero-order chi connectivity index (χ0) is 63.8. The summed E-state index contributed by atoms with van der Waals surface area (Å²) in [6.07, 6.45) is 30.7. The van der Waals surface area contributed by atoms with Gasteiger partial charge in [-0.3, -0.25) is 14.4 Å². The Morgan fingerprint density at radius 2 is 0.716 bits per heavy atom. The van der Waals surface area contributed by atoms with Gasteiger partial charge in [-0.05, 0) is 161 Å². The SMILES string of the molecule is CC(=O)NCCCCCC[C@@H](C)[C@H](C)O.CCCCC[C@@H](C)[C@H](C)O.CCNC(=O)CCCCC[C@@H](C)[C@H](C)O.COC(=O)CCCCC[C@@H](C)[C@H](C)O.C[C@H](O)[C@H](C)CCCCCCN.C[C@H](O)[C@H](C)CCCCCCO.O=C=O. The number of ether oxygens (including phenoxy) is 1. The van der Waals surface area contributed by atoms with E-state index in [2.05, 4.69) is 56.9 Å². The number of methoxy groups -OCH3 is 1. The Bertz CT molecular complexity index is 1280. The maximum atomic E-state index is 11.1. The molecule has 0 bridgehead atoms. The Labute approximate surface area is 498 Å². The number of hydrogen-bond donors (Lipinski definition) is 10. The van der Waals surface area contributed by atoms with Crippen molar-refractivity contribution in [1.82, 2.24) is 10.6 Å². The molecule has 0 spiro atoms. The van der Waals surface area contributed by atoms with Crippen LogP contribution >= 0.6 is 0 Å². The third-order valence-corrected chi connectivity index (χ3v) is 15.1. The topological polar surface area (TPSA) is 286 Å². The van der Waals surface area contributed by atoms with Crippen LogP contribution in [0.3, 0.4) is 0 Å². The highest BCUT2D eigenvalue weighted by atomic mass is 16.5. The molecule has 0 aromatic carbocycles. The van der Waals surface area contributed by atoms with Crippen LogP contribution in [0.2, 0.25) is 0 Å². The summed E-state index contributed by atoms with van der Waals surface area (Å²) in [5.41, 5.74) is 5.38. The van der Waals surface area contributed by atoms with Crippen LogP contribution in [-0.4, -0.2) is 130 Å². The lowest BCUT2D eigenvalue weighted by molar-refractivity contribution is -0.191. The van der Waals surface area contributed by atoms with Crippen molar-refractivity contribution in [2.75, 3.05) is 33.4 Å². The quantitative estimate of drug-likeness (QED) is 0.0201. The van der Waals surface area contributed by atoms with Crippen molar-refractivity contribution in [1.29, 1.82) is 0 Å². The van der Waals surface area contributed by atoms with E-state index in [1.54, 1.807) is 6.92 Å². The largest absolute Gasteiger partial charge is 0.469 e. The summed E-state index contributed by atoms with van der Waals surface area (Å²) in [7, 11) is 1.41. The first-order chi connectivity index (χ1) is 38.1. The lowest BCUT2D eigenvalue weighted by atomic mass is 9.98. The van der Waals surface area contributed by atoms with E-state index in [0.29, 0.717) is 55.0 Å². The number of aliphatic hydroxyl groups excluding tert-OH is 7. The molecule has 0 unspecified atom stereocenters. The second-order valence-corrected chi connectivity index (χ2v) is 23.2. The molecule has 0 aromatic heterocycles. The van der Waals surface area contributed by atoms with Crippen molar-refractivity contribution in [3.05, 3.63) is 0 Å². The Morgan fingerprint density at radius 1 is 0.432 bits per heavy atom. The van der Waals surface area contributed by atoms with Gasteiger partial charge in [-0.1, -0.05) is 151 Å². The Balaban J connectivity index is -0.000000161. The first kappa shape index (κ1) is 92.2. The van der Waals surface area contributed by atoms with Gasteiger partial charge >= 0.3 is 12.1 Å². The summed E-state index contributed by atoms with van der Waals surface area (Å²) in [5, 5.41) is 69.4. The monoisotopic (exact) mass is 1170 g/mol. The molecular weight excluding hydrogens is 1030 g/mol. The van der Waals surface area contributed by atoms with Gasteiger partial charge in [0.05, 0.1) is 43.7 Å². The normalized spacial score (nSPS) is 14.9. The van der Waals surface area contributed by atoms with Crippen molar-refractivity contribution in [3.8, 4) is 0 Å². The van der Waals surface area contributed by atoms with Gasteiger partial charge in [-0.2, -0.15) is 9.59 Å². The van der Waals surface area contributed by atoms with Gasteiger partial charge in [-0.15, -0.1) is 0 Å². The van der Waals surface area contributed by atoms with E-state index in [9.17, 15) is 39.9 Å². The lowest BCUT2D eigenvalue weighted by Crippen LogP contribution is -2.22. The molecule has 0 saturated heterocycles. The van der Waals surface area contributed by atoms with Crippen LogP contribution in [0.5, 0.6) is 0 Å². The van der Waals surface area contributed by atoms with Gasteiger partial charge in [-0.25, -0.2) is 0 Å². The highest BCUT2D eigenvalue weighted by Gasteiger charge is 2.12. The third-order valence-electron chi connectivity index (χ3n) is 15.1. The average molecular weight is 1170 g/mol. The molecular formula is C65H137N3O13. The zero-order valence-electron chi connectivity index (χ0n) is 55.4. The summed E-state index contributed by atoms with van der Waals surface area (Å²) < 4.78 is 4.54. The summed E-state index contributed by atoms with van der Waals surface area (Å²) in [6, 6.07) is 0. The fraction of sp³-hybridized carbons (Fsp3) is 0.938. The predicted molar refractivity (Wildman–Crippen MR) is 335 cm³/mol. The van der Waals surface area contributed by atoms with Crippen molar-refractivity contribution in [2.24, 2.45) is 41.2 Å². The minimum absolute atomic E-state index is 0.0535. The van der Waals surface area contributed by atoms with Crippen LogP contribution in [-0.2, 0) is 28.7 Å². The number of hydrogen-bond acceptors (Lipinski definition) is 14. The van der Waals surface area contributed by atoms with Crippen molar-refractivity contribution < 1.29 is 64.5 Å². The molecule has 2 amide bonds. The third kappa shape index (κ3) is 86.4. The minimum Gasteiger partial charge on any atom is -0.469 e. The second kappa shape index (κ2) is 71.7. The number of carbonyl (C=O) groups excluding carboxylic acids is 5. The fourth-order valence-electron chi connectivity index (χ4n) is 7.50. The number of aliphatic hydroxyl groups is 7. The number of carbonyl (C=O) groups is 3. The Hall–Kier alpha value is -2.53. The number of unbranched alkanes of at least 4 members (excludes halogenated alkanes) is 15. The van der Waals surface area contributed by atoms with E-state index in [1.165, 1.54) is 77.7 Å². The molecule has 0 fully saturated rings. The Kier molecular flexibility index (Phi) is 81.6. The Morgan fingerprint density at radius 3 is 0.988 bits per heavy atom. The van der Waals surface area contributed by atoms with Crippen LogP contribution in [0.15, 0.2) is 0 Å². The molecule has 0 radical (unpaired) electrons. The summed E-state index contributed by atoms with van der Waals surface area (Å²) in [6.45, 7) is 31.9. The van der Waals surface area contributed by atoms with Crippen molar-refractivity contribution in [3.63, 3.8) is 0 Å². The van der Waals surface area contributed by atoms with Gasteiger partial charge in [0, 0.05) is 39.5 Å². The number of nitrogens with two attached hydrogens (primary N) is 1. The van der Waals surface area contributed by atoms with Gasteiger partial charge in [0.25, 0.3) is 0 Å². The summed E-state index contributed by atoms with van der Waals surface area (Å²) >= 11 is 0. The highest BCUT2D eigenvalue weighted by molar-refractivity contribution is 5.75. The van der Waals surface area contributed by atoms with E-state index in [0.717, 1.165) is 122 Å². The number of esters is 1. The van der Waals surface area contributed by atoms with Crippen LogP contribution < -0.4 is 16.4 Å². The molecule has 16 nitrogen and oxygen atoms in total. The lowest BCUT2D eigenvalue weighted by Gasteiger charge is -2.13.